The van der Waals surface area contributed by atoms with Crippen LogP contribution in [0.1, 0.15) is 6.42 Å². The molecule has 0 aliphatic heterocycles. The van der Waals surface area contributed by atoms with Crippen LogP contribution in [0.2, 0.25) is 0 Å². The maximum atomic E-state index is 10.4. The number of carbonyl (C=O) groups excluding carboxylic acids is 1. The SMILES string of the molecule is COC(=O)[C@@H](N)CC(=O)O.Cl. The Labute approximate surface area is 69.9 Å². The zero-order valence-electron chi connectivity index (χ0n) is 5.94. The lowest BCUT2D eigenvalue weighted by atomic mass is 10.2. The average molecular weight is 184 g/mol. The first-order chi connectivity index (χ1) is 4.57. The van der Waals surface area contributed by atoms with Crippen LogP contribution in [0.4, 0.5) is 0 Å². The standard InChI is InChI=1S/C5H9NO4.ClH/c1-10-5(9)3(6)2-4(7)8;/h3H,2,6H2,1H3,(H,7,8);1H/t3-;/m0./s1. The van der Waals surface area contributed by atoms with E-state index in [0.717, 1.165) is 7.11 Å². The fourth-order valence-electron chi connectivity index (χ4n) is 0.423. The van der Waals surface area contributed by atoms with Gasteiger partial charge >= 0.3 is 11.9 Å². The van der Waals surface area contributed by atoms with E-state index < -0.39 is 24.4 Å². The number of nitrogens with two attached hydrogens (primary N) is 1. The summed E-state index contributed by atoms with van der Waals surface area (Å²) < 4.78 is 4.19. The van der Waals surface area contributed by atoms with Gasteiger partial charge < -0.3 is 15.6 Å². The Bertz CT molecular complexity index is 149. The molecular weight excluding hydrogens is 174 g/mol. The second-order valence-electron chi connectivity index (χ2n) is 1.73. The van der Waals surface area contributed by atoms with Crippen molar-refractivity contribution in [3.8, 4) is 0 Å². The van der Waals surface area contributed by atoms with Gasteiger partial charge in [-0.2, -0.15) is 0 Å². The van der Waals surface area contributed by atoms with E-state index in [4.69, 9.17) is 10.8 Å². The van der Waals surface area contributed by atoms with E-state index in [2.05, 4.69) is 4.74 Å². The molecule has 0 aliphatic carbocycles. The molecule has 11 heavy (non-hydrogen) atoms. The van der Waals surface area contributed by atoms with Gasteiger partial charge in [0.2, 0.25) is 0 Å². The van der Waals surface area contributed by atoms with Crippen LogP contribution in [0.15, 0.2) is 0 Å². The molecule has 0 rings (SSSR count). The number of hydrogen-bond acceptors (Lipinski definition) is 4. The second kappa shape index (κ2) is 5.94. The molecule has 0 amide bonds. The minimum absolute atomic E-state index is 0. The fourth-order valence-corrected chi connectivity index (χ4v) is 0.423. The molecule has 6 heteroatoms. The number of carbonyl (C=O) groups is 2. The van der Waals surface area contributed by atoms with E-state index in [0.29, 0.717) is 0 Å². The number of aliphatic carboxylic acids is 1. The lowest BCUT2D eigenvalue weighted by molar-refractivity contribution is -0.147. The third-order valence-electron chi connectivity index (χ3n) is 0.898. The lowest BCUT2D eigenvalue weighted by Crippen LogP contribution is -2.33. The third kappa shape index (κ3) is 5.63. The van der Waals surface area contributed by atoms with Crippen molar-refractivity contribution in [2.75, 3.05) is 7.11 Å². The quantitative estimate of drug-likeness (QED) is 0.570. The van der Waals surface area contributed by atoms with Gasteiger partial charge in [-0.05, 0) is 0 Å². The highest BCUT2D eigenvalue weighted by Crippen LogP contribution is 1.89. The number of carboxylic acids is 1. The molecule has 0 saturated heterocycles. The normalized spacial score (nSPS) is 11.1. The van der Waals surface area contributed by atoms with Gasteiger partial charge in [0, 0.05) is 0 Å². The highest BCUT2D eigenvalue weighted by Gasteiger charge is 2.16. The Kier molecular flexibility index (Phi) is 6.92. The topological polar surface area (TPSA) is 89.6 Å². The van der Waals surface area contributed by atoms with Gasteiger partial charge in [-0.15, -0.1) is 12.4 Å². The first-order valence-electron chi connectivity index (χ1n) is 2.63. The Hall–Kier alpha value is -0.810. The molecule has 0 saturated carbocycles. The molecule has 0 heterocycles. The zero-order valence-corrected chi connectivity index (χ0v) is 6.76. The summed E-state index contributed by atoms with van der Waals surface area (Å²) in [6.07, 6.45) is -0.396. The van der Waals surface area contributed by atoms with Crippen molar-refractivity contribution >= 4 is 24.3 Å². The van der Waals surface area contributed by atoms with E-state index in [1.54, 1.807) is 0 Å². The van der Waals surface area contributed by atoms with Crippen LogP contribution in [-0.4, -0.2) is 30.2 Å². The number of esters is 1. The summed E-state index contributed by atoms with van der Waals surface area (Å²) >= 11 is 0. The Morgan fingerprint density at radius 1 is 1.64 bits per heavy atom. The summed E-state index contributed by atoms with van der Waals surface area (Å²) in [6.45, 7) is 0. The minimum atomic E-state index is -1.11. The molecule has 66 valence electrons. The number of halogens is 1. The highest BCUT2D eigenvalue weighted by molar-refractivity contribution is 5.85. The number of carboxylic acid groups (broad SMARTS) is 1. The molecule has 0 aliphatic rings. The van der Waals surface area contributed by atoms with Crippen LogP contribution in [0, 0.1) is 0 Å². The van der Waals surface area contributed by atoms with Crippen molar-refractivity contribution < 1.29 is 19.4 Å². The molecule has 5 nitrogen and oxygen atoms in total. The van der Waals surface area contributed by atoms with E-state index in [9.17, 15) is 9.59 Å². The van der Waals surface area contributed by atoms with Crippen LogP contribution >= 0.6 is 12.4 Å². The van der Waals surface area contributed by atoms with Crippen molar-refractivity contribution in [2.45, 2.75) is 12.5 Å². The molecule has 0 bridgehead atoms. The summed E-state index contributed by atoms with van der Waals surface area (Å²) in [5.41, 5.74) is 5.07. The molecule has 3 N–H and O–H groups in total. The van der Waals surface area contributed by atoms with Crippen molar-refractivity contribution in [1.82, 2.24) is 0 Å². The van der Waals surface area contributed by atoms with Gasteiger partial charge in [-0.3, -0.25) is 9.59 Å². The summed E-state index contributed by atoms with van der Waals surface area (Å²) in [4.78, 5) is 20.4. The summed E-state index contributed by atoms with van der Waals surface area (Å²) in [6, 6.07) is -1.05. The summed E-state index contributed by atoms with van der Waals surface area (Å²) in [5, 5.41) is 8.14. The van der Waals surface area contributed by atoms with E-state index in [1.165, 1.54) is 0 Å². The molecule has 0 unspecified atom stereocenters. The largest absolute Gasteiger partial charge is 0.481 e. The Balaban J connectivity index is 0. The van der Waals surface area contributed by atoms with Gasteiger partial charge in [-0.25, -0.2) is 0 Å². The smallest absolute Gasteiger partial charge is 0.323 e. The van der Waals surface area contributed by atoms with Crippen LogP contribution in [0.5, 0.6) is 0 Å². The van der Waals surface area contributed by atoms with Crippen molar-refractivity contribution in [3.63, 3.8) is 0 Å². The van der Waals surface area contributed by atoms with Gasteiger partial charge in [-0.1, -0.05) is 0 Å². The number of rotatable bonds is 3. The summed E-state index contributed by atoms with van der Waals surface area (Å²) in [5.74, 6) is -1.82. The highest BCUT2D eigenvalue weighted by atomic mass is 35.5. The van der Waals surface area contributed by atoms with Crippen molar-refractivity contribution in [2.24, 2.45) is 5.73 Å². The van der Waals surface area contributed by atoms with E-state index in [1.807, 2.05) is 0 Å². The van der Waals surface area contributed by atoms with Crippen molar-refractivity contribution in [1.29, 1.82) is 0 Å². The minimum Gasteiger partial charge on any atom is -0.481 e. The average Bonchev–Trinajstić information content (AvgIpc) is 1.85. The molecule has 0 spiro atoms. The molecule has 0 fully saturated rings. The van der Waals surface area contributed by atoms with Gasteiger partial charge in [0.25, 0.3) is 0 Å². The zero-order chi connectivity index (χ0) is 8.15. The third-order valence-corrected chi connectivity index (χ3v) is 0.898. The predicted octanol–water partition coefficient (Wildman–Crippen LogP) is -0.617. The van der Waals surface area contributed by atoms with Crippen molar-refractivity contribution in [3.05, 3.63) is 0 Å². The molecule has 0 aromatic heterocycles. The maximum absolute atomic E-state index is 10.4. The van der Waals surface area contributed by atoms with E-state index >= 15 is 0 Å². The number of hydrogen-bond donors (Lipinski definition) is 2. The Morgan fingerprint density at radius 3 is 2.36 bits per heavy atom. The van der Waals surface area contributed by atoms with Gasteiger partial charge in [0.15, 0.2) is 0 Å². The molecule has 0 aromatic rings. The van der Waals surface area contributed by atoms with Gasteiger partial charge in [0.05, 0.1) is 13.5 Å². The van der Waals surface area contributed by atoms with E-state index in [-0.39, 0.29) is 12.4 Å². The number of methoxy groups -OCH3 is 1. The molecular formula is C5H10ClNO4. The number of ether oxygens (including phenoxy) is 1. The Morgan fingerprint density at radius 2 is 2.09 bits per heavy atom. The first kappa shape index (κ1) is 12.8. The predicted molar refractivity (Wildman–Crippen MR) is 39.5 cm³/mol. The fraction of sp³-hybridized carbons (Fsp3) is 0.600. The van der Waals surface area contributed by atoms with Crippen LogP contribution in [0.3, 0.4) is 0 Å². The van der Waals surface area contributed by atoms with Gasteiger partial charge in [0.1, 0.15) is 6.04 Å². The lowest BCUT2D eigenvalue weighted by Gasteiger charge is -2.04. The second-order valence-corrected chi connectivity index (χ2v) is 1.73. The van der Waals surface area contributed by atoms with Crippen LogP contribution in [0.25, 0.3) is 0 Å². The molecule has 1 atom stereocenters. The monoisotopic (exact) mass is 183 g/mol. The maximum Gasteiger partial charge on any atom is 0.323 e. The molecule has 0 radical (unpaired) electrons. The summed E-state index contributed by atoms with van der Waals surface area (Å²) in [7, 11) is 1.16. The van der Waals surface area contributed by atoms with Crippen LogP contribution < -0.4 is 5.73 Å². The van der Waals surface area contributed by atoms with Crippen LogP contribution in [-0.2, 0) is 14.3 Å². The molecule has 0 aromatic carbocycles. The first-order valence-corrected chi connectivity index (χ1v) is 2.63.